The Morgan fingerprint density at radius 1 is 1.29 bits per heavy atom. The van der Waals surface area contributed by atoms with E-state index in [-0.39, 0.29) is 5.78 Å². The number of likely N-dealkylation sites (tertiary alicyclic amines) is 1. The van der Waals surface area contributed by atoms with Crippen LogP contribution < -0.4 is 4.90 Å². The molecule has 0 amide bonds. The number of carbonyl (C=O) groups excluding carboxylic acids is 1. The molecule has 114 valence electrons. The molecule has 3 nitrogen and oxygen atoms in total. The van der Waals surface area contributed by atoms with Crippen LogP contribution in [0.15, 0.2) is 22.7 Å². The van der Waals surface area contributed by atoms with Crippen LogP contribution in [0.2, 0.25) is 0 Å². The fourth-order valence-electron chi connectivity index (χ4n) is 3.94. The number of piperidine rings is 2. The van der Waals surface area contributed by atoms with Gasteiger partial charge in [-0.3, -0.25) is 4.79 Å². The lowest BCUT2D eigenvalue weighted by Crippen LogP contribution is -2.53. The zero-order chi connectivity index (χ0) is 15.0. The molecule has 0 bridgehead atoms. The van der Waals surface area contributed by atoms with Crippen molar-refractivity contribution in [1.29, 1.82) is 0 Å². The van der Waals surface area contributed by atoms with E-state index in [0.29, 0.717) is 0 Å². The minimum atomic E-state index is 0.153. The van der Waals surface area contributed by atoms with E-state index in [0.717, 1.165) is 40.8 Å². The van der Waals surface area contributed by atoms with Crippen molar-refractivity contribution in [3.63, 3.8) is 0 Å². The summed E-state index contributed by atoms with van der Waals surface area (Å²) in [7, 11) is 2.26. The summed E-state index contributed by atoms with van der Waals surface area (Å²) >= 11 is 3.54. The predicted molar refractivity (Wildman–Crippen MR) is 90.1 cm³/mol. The SMILES string of the molecule is CC(=O)c1ccc(Br)cc1N1CCC2C(CCCN2C)C1. The Balaban J connectivity index is 1.85. The molecule has 1 aromatic carbocycles. The molecule has 2 heterocycles. The molecule has 0 spiro atoms. The van der Waals surface area contributed by atoms with Crippen molar-refractivity contribution in [3.05, 3.63) is 28.2 Å². The number of halogens is 1. The minimum Gasteiger partial charge on any atom is -0.371 e. The van der Waals surface area contributed by atoms with E-state index in [1.54, 1.807) is 6.92 Å². The summed E-state index contributed by atoms with van der Waals surface area (Å²) in [4.78, 5) is 16.8. The average molecular weight is 351 g/mol. The van der Waals surface area contributed by atoms with Crippen LogP contribution in [0.4, 0.5) is 5.69 Å². The molecule has 2 saturated heterocycles. The second-order valence-electron chi connectivity index (χ2n) is 6.40. The number of fused-ring (bicyclic) bond motifs is 1. The van der Waals surface area contributed by atoms with Crippen molar-refractivity contribution in [2.24, 2.45) is 5.92 Å². The lowest BCUT2D eigenvalue weighted by Gasteiger charge is -2.47. The van der Waals surface area contributed by atoms with Crippen molar-refractivity contribution >= 4 is 27.4 Å². The highest BCUT2D eigenvalue weighted by Gasteiger charge is 2.34. The molecule has 0 aliphatic carbocycles. The van der Waals surface area contributed by atoms with Gasteiger partial charge in [0.15, 0.2) is 5.78 Å². The van der Waals surface area contributed by atoms with Gasteiger partial charge in [-0.2, -0.15) is 0 Å². The summed E-state index contributed by atoms with van der Waals surface area (Å²) in [6.07, 6.45) is 3.81. The van der Waals surface area contributed by atoms with Gasteiger partial charge in [-0.05, 0) is 63.9 Å². The second-order valence-corrected chi connectivity index (χ2v) is 7.32. The van der Waals surface area contributed by atoms with E-state index < -0.39 is 0 Å². The van der Waals surface area contributed by atoms with Crippen molar-refractivity contribution in [2.75, 3.05) is 31.6 Å². The van der Waals surface area contributed by atoms with Gasteiger partial charge < -0.3 is 9.80 Å². The number of Topliss-reactive ketones (excluding diaryl/α,β-unsaturated/α-hetero) is 1. The molecular weight excluding hydrogens is 328 g/mol. The third kappa shape index (κ3) is 3.02. The number of ketones is 1. The summed E-state index contributed by atoms with van der Waals surface area (Å²) < 4.78 is 1.05. The van der Waals surface area contributed by atoms with Gasteiger partial charge >= 0.3 is 0 Å². The molecule has 4 heteroatoms. The predicted octanol–water partition coefficient (Wildman–Crippen LogP) is 3.57. The highest BCUT2D eigenvalue weighted by Crippen LogP contribution is 2.34. The van der Waals surface area contributed by atoms with Gasteiger partial charge in [-0.1, -0.05) is 15.9 Å². The summed E-state index contributed by atoms with van der Waals surface area (Å²) in [6.45, 7) is 5.01. The number of rotatable bonds is 2. The van der Waals surface area contributed by atoms with E-state index >= 15 is 0 Å². The maximum Gasteiger partial charge on any atom is 0.161 e. The van der Waals surface area contributed by atoms with Crippen LogP contribution in [0.1, 0.15) is 36.5 Å². The van der Waals surface area contributed by atoms with Gasteiger partial charge in [0.1, 0.15) is 0 Å². The monoisotopic (exact) mass is 350 g/mol. The molecule has 2 fully saturated rings. The zero-order valence-corrected chi connectivity index (χ0v) is 14.4. The Kier molecular flexibility index (Phi) is 4.36. The second kappa shape index (κ2) is 6.09. The van der Waals surface area contributed by atoms with Gasteiger partial charge in [0.25, 0.3) is 0 Å². The number of benzene rings is 1. The van der Waals surface area contributed by atoms with Crippen LogP contribution in [-0.2, 0) is 0 Å². The summed E-state index contributed by atoms with van der Waals surface area (Å²) in [5.41, 5.74) is 1.95. The van der Waals surface area contributed by atoms with Crippen molar-refractivity contribution < 1.29 is 4.79 Å². The summed E-state index contributed by atoms with van der Waals surface area (Å²) in [5, 5.41) is 0. The molecule has 1 aromatic rings. The maximum absolute atomic E-state index is 11.9. The van der Waals surface area contributed by atoms with Crippen molar-refractivity contribution in [3.8, 4) is 0 Å². The Hall–Kier alpha value is -0.870. The van der Waals surface area contributed by atoms with Crippen LogP contribution >= 0.6 is 15.9 Å². The smallest absolute Gasteiger partial charge is 0.161 e. The standard InChI is InChI=1S/C17H23BrN2O/c1-12(21)15-6-5-14(18)10-17(15)20-9-7-16-13(11-20)4-3-8-19(16)2/h5-6,10,13,16H,3-4,7-9,11H2,1-2H3. The number of carbonyl (C=O) groups is 1. The molecule has 2 aliphatic rings. The fourth-order valence-corrected chi connectivity index (χ4v) is 4.28. The van der Waals surface area contributed by atoms with Gasteiger partial charge in [0, 0.05) is 34.9 Å². The molecular formula is C17H23BrN2O. The normalized spacial score (nSPS) is 26.5. The van der Waals surface area contributed by atoms with E-state index in [2.05, 4.69) is 38.8 Å². The first-order chi connectivity index (χ1) is 10.1. The Morgan fingerprint density at radius 2 is 2.10 bits per heavy atom. The van der Waals surface area contributed by atoms with Crippen LogP contribution in [0.3, 0.4) is 0 Å². The van der Waals surface area contributed by atoms with Crippen LogP contribution in [-0.4, -0.2) is 43.4 Å². The first-order valence-corrected chi connectivity index (χ1v) is 8.61. The molecule has 0 aromatic heterocycles. The quantitative estimate of drug-likeness (QED) is 0.761. The van der Waals surface area contributed by atoms with Crippen LogP contribution in [0.25, 0.3) is 0 Å². The lowest BCUT2D eigenvalue weighted by atomic mass is 9.84. The molecule has 2 atom stereocenters. The van der Waals surface area contributed by atoms with Crippen molar-refractivity contribution in [1.82, 2.24) is 4.90 Å². The highest BCUT2D eigenvalue weighted by molar-refractivity contribution is 9.10. The molecule has 3 rings (SSSR count). The number of anilines is 1. The number of hydrogen-bond donors (Lipinski definition) is 0. The van der Waals surface area contributed by atoms with Crippen LogP contribution in [0.5, 0.6) is 0 Å². The first kappa shape index (κ1) is 15.0. The Bertz CT molecular complexity index is 546. The lowest BCUT2D eigenvalue weighted by molar-refractivity contribution is 0.100. The van der Waals surface area contributed by atoms with Gasteiger partial charge in [-0.25, -0.2) is 0 Å². The van der Waals surface area contributed by atoms with E-state index in [1.807, 2.05) is 12.1 Å². The largest absolute Gasteiger partial charge is 0.371 e. The van der Waals surface area contributed by atoms with E-state index in [1.165, 1.54) is 25.8 Å². The third-order valence-corrected chi connectivity index (χ3v) is 5.52. The van der Waals surface area contributed by atoms with E-state index in [4.69, 9.17) is 0 Å². The number of nitrogens with zero attached hydrogens (tertiary/aromatic N) is 2. The zero-order valence-electron chi connectivity index (χ0n) is 12.8. The van der Waals surface area contributed by atoms with Gasteiger partial charge in [0.2, 0.25) is 0 Å². The maximum atomic E-state index is 11.9. The minimum absolute atomic E-state index is 0.153. The molecule has 2 unspecified atom stereocenters. The first-order valence-electron chi connectivity index (χ1n) is 7.82. The average Bonchev–Trinajstić information content (AvgIpc) is 2.46. The summed E-state index contributed by atoms with van der Waals surface area (Å²) in [5.74, 6) is 0.886. The Labute approximate surface area is 135 Å². The summed E-state index contributed by atoms with van der Waals surface area (Å²) in [6, 6.07) is 6.73. The topological polar surface area (TPSA) is 23.6 Å². The highest BCUT2D eigenvalue weighted by atomic mass is 79.9. The van der Waals surface area contributed by atoms with Gasteiger partial charge in [0.05, 0.1) is 0 Å². The number of hydrogen-bond acceptors (Lipinski definition) is 3. The molecule has 21 heavy (non-hydrogen) atoms. The molecule has 0 N–H and O–H groups in total. The van der Waals surface area contributed by atoms with Gasteiger partial charge in [-0.15, -0.1) is 0 Å². The molecule has 0 radical (unpaired) electrons. The van der Waals surface area contributed by atoms with E-state index in [9.17, 15) is 4.79 Å². The Morgan fingerprint density at radius 3 is 2.86 bits per heavy atom. The molecule has 2 aliphatic heterocycles. The van der Waals surface area contributed by atoms with Crippen molar-refractivity contribution in [2.45, 2.75) is 32.2 Å². The fraction of sp³-hybridized carbons (Fsp3) is 0.588. The third-order valence-electron chi connectivity index (χ3n) is 5.03. The molecule has 0 saturated carbocycles. The van der Waals surface area contributed by atoms with Crippen LogP contribution in [0, 0.1) is 5.92 Å².